The first-order valence-corrected chi connectivity index (χ1v) is 8.19. The van der Waals surface area contributed by atoms with E-state index in [1.54, 1.807) is 0 Å². The molecule has 1 atom stereocenters. The molecule has 108 valence electrons. The standard InChI is InChI=1S/C19H22N2/c1-4-13-21(14-5-1)19-17-9-3-2-7-15(17)10-11-16-8-6-12-20-18(16)19/h2-3,6-9,12,19H,1,4-5,10-11,13-14H2. The Labute approximate surface area is 126 Å². The smallest absolute Gasteiger partial charge is 0.0781 e. The zero-order valence-corrected chi connectivity index (χ0v) is 12.5. The van der Waals surface area contributed by atoms with Gasteiger partial charge in [-0.3, -0.25) is 9.88 Å². The second-order valence-electron chi connectivity index (χ2n) is 6.25. The third-order valence-electron chi connectivity index (χ3n) is 4.95. The van der Waals surface area contributed by atoms with Gasteiger partial charge in [0, 0.05) is 6.20 Å². The molecular weight excluding hydrogens is 256 g/mol. The Morgan fingerprint density at radius 2 is 1.62 bits per heavy atom. The van der Waals surface area contributed by atoms with Gasteiger partial charge in [0.2, 0.25) is 0 Å². The Hall–Kier alpha value is -1.67. The summed E-state index contributed by atoms with van der Waals surface area (Å²) >= 11 is 0. The van der Waals surface area contributed by atoms with Crippen LogP contribution in [-0.2, 0) is 12.8 Å². The highest BCUT2D eigenvalue weighted by molar-refractivity contribution is 5.41. The summed E-state index contributed by atoms with van der Waals surface area (Å²) in [5.74, 6) is 0. The molecule has 1 aromatic carbocycles. The van der Waals surface area contributed by atoms with Crippen molar-refractivity contribution in [1.82, 2.24) is 9.88 Å². The van der Waals surface area contributed by atoms with Crippen molar-refractivity contribution in [2.45, 2.75) is 38.1 Å². The topological polar surface area (TPSA) is 16.1 Å². The van der Waals surface area contributed by atoms with Gasteiger partial charge in [-0.05, 0) is 61.5 Å². The fourth-order valence-corrected chi connectivity index (χ4v) is 3.90. The number of nitrogens with zero attached hydrogens (tertiary/aromatic N) is 2. The monoisotopic (exact) mass is 278 g/mol. The van der Waals surface area contributed by atoms with Crippen molar-refractivity contribution in [3.8, 4) is 0 Å². The van der Waals surface area contributed by atoms with Crippen molar-refractivity contribution in [3.63, 3.8) is 0 Å². The van der Waals surface area contributed by atoms with Gasteiger partial charge in [-0.15, -0.1) is 0 Å². The van der Waals surface area contributed by atoms with E-state index >= 15 is 0 Å². The van der Waals surface area contributed by atoms with E-state index < -0.39 is 0 Å². The lowest BCUT2D eigenvalue weighted by atomic mass is 9.95. The van der Waals surface area contributed by atoms with E-state index in [1.165, 1.54) is 54.7 Å². The largest absolute Gasteiger partial charge is 0.291 e. The van der Waals surface area contributed by atoms with Crippen LogP contribution < -0.4 is 0 Å². The van der Waals surface area contributed by atoms with Crippen LogP contribution in [-0.4, -0.2) is 23.0 Å². The van der Waals surface area contributed by atoms with E-state index in [0.29, 0.717) is 6.04 Å². The van der Waals surface area contributed by atoms with Crippen molar-refractivity contribution in [2.75, 3.05) is 13.1 Å². The number of pyridine rings is 1. The highest BCUT2D eigenvalue weighted by Crippen LogP contribution is 2.36. The SMILES string of the molecule is c1ccc2c(c1)CCc1cccnc1C2N1CCCCC1. The Bertz CT molecular complexity index is 581. The van der Waals surface area contributed by atoms with Gasteiger partial charge < -0.3 is 0 Å². The highest BCUT2D eigenvalue weighted by Gasteiger charge is 2.30. The third kappa shape index (κ3) is 2.38. The summed E-state index contributed by atoms with van der Waals surface area (Å²) in [6.45, 7) is 2.41. The average molecular weight is 278 g/mol. The van der Waals surface area contributed by atoms with E-state index in [4.69, 9.17) is 4.98 Å². The minimum Gasteiger partial charge on any atom is -0.291 e. The molecule has 2 aromatic rings. The van der Waals surface area contributed by atoms with E-state index in [2.05, 4.69) is 41.3 Å². The summed E-state index contributed by atoms with van der Waals surface area (Å²) in [4.78, 5) is 7.45. The second kappa shape index (κ2) is 5.61. The quantitative estimate of drug-likeness (QED) is 0.789. The zero-order valence-electron chi connectivity index (χ0n) is 12.5. The van der Waals surface area contributed by atoms with Crippen LogP contribution in [0.5, 0.6) is 0 Å². The van der Waals surface area contributed by atoms with Crippen molar-refractivity contribution in [2.24, 2.45) is 0 Å². The predicted molar refractivity (Wildman–Crippen MR) is 85.4 cm³/mol. The minimum absolute atomic E-state index is 0.361. The molecule has 2 nitrogen and oxygen atoms in total. The van der Waals surface area contributed by atoms with Crippen LogP contribution in [0.15, 0.2) is 42.6 Å². The van der Waals surface area contributed by atoms with Crippen LogP contribution in [0, 0.1) is 0 Å². The second-order valence-corrected chi connectivity index (χ2v) is 6.25. The molecule has 2 heterocycles. The van der Waals surface area contributed by atoms with Crippen LogP contribution in [0.3, 0.4) is 0 Å². The van der Waals surface area contributed by atoms with Crippen molar-refractivity contribution < 1.29 is 0 Å². The number of aryl methyl sites for hydroxylation is 2. The molecule has 21 heavy (non-hydrogen) atoms. The van der Waals surface area contributed by atoms with Crippen LogP contribution >= 0.6 is 0 Å². The molecule has 2 heteroatoms. The molecule has 1 fully saturated rings. The van der Waals surface area contributed by atoms with Crippen LogP contribution in [0.25, 0.3) is 0 Å². The summed E-state index contributed by atoms with van der Waals surface area (Å²) < 4.78 is 0. The number of hydrogen-bond donors (Lipinski definition) is 0. The van der Waals surface area contributed by atoms with Gasteiger partial charge in [0.1, 0.15) is 0 Å². The summed E-state index contributed by atoms with van der Waals surface area (Å²) in [5.41, 5.74) is 5.72. The molecule has 1 saturated heterocycles. The molecule has 4 rings (SSSR count). The zero-order chi connectivity index (χ0) is 14.1. The Morgan fingerprint density at radius 3 is 2.52 bits per heavy atom. The average Bonchev–Trinajstić information content (AvgIpc) is 2.72. The number of rotatable bonds is 1. The van der Waals surface area contributed by atoms with Gasteiger partial charge in [0.15, 0.2) is 0 Å². The summed E-state index contributed by atoms with van der Waals surface area (Å²) in [6, 6.07) is 13.7. The fraction of sp³-hybridized carbons (Fsp3) is 0.421. The predicted octanol–water partition coefficient (Wildman–Crippen LogP) is 3.76. The van der Waals surface area contributed by atoms with Crippen molar-refractivity contribution in [1.29, 1.82) is 0 Å². The normalized spacial score (nSPS) is 22.2. The summed E-state index contributed by atoms with van der Waals surface area (Å²) in [6.07, 6.45) is 8.23. The number of benzene rings is 1. The first-order valence-electron chi connectivity index (χ1n) is 8.19. The molecule has 1 aliphatic carbocycles. The molecular formula is C19H22N2. The lowest BCUT2D eigenvalue weighted by Crippen LogP contribution is -2.35. The maximum atomic E-state index is 4.79. The van der Waals surface area contributed by atoms with Gasteiger partial charge >= 0.3 is 0 Å². The van der Waals surface area contributed by atoms with Crippen LogP contribution in [0.1, 0.15) is 47.7 Å². The molecule has 1 aromatic heterocycles. The number of hydrogen-bond acceptors (Lipinski definition) is 2. The highest BCUT2D eigenvalue weighted by atomic mass is 15.2. The van der Waals surface area contributed by atoms with E-state index in [-0.39, 0.29) is 0 Å². The van der Waals surface area contributed by atoms with Crippen LogP contribution in [0.4, 0.5) is 0 Å². The minimum atomic E-state index is 0.361. The molecule has 0 bridgehead atoms. The Balaban J connectivity index is 1.85. The van der Waals surface area contributed by atoms with E-state index in [9.17, 15) is 0 Å². The Morgan fingerprint density at radius 1 is 0.857 bits per heavy atom. The van der Waals surface area contributed by atoms with Gasteiger partial charge in [-0.1, -0.05) is 36.8 Å². The first-order chi connectivity index (χ1) is 10.4. The molecule has 0 amide bonds. The Kier molecular flexibility index (Phi) is 3.48. The maximum Gasteiger partial charge on any atom is 0.0781 e. The van der Waals surface area contributed by atoms with Crippen molar-refractivity contribution in [3.05, 3.63) is 65.0 Å². The lowest BCUT2D eigenvalue weighted by molar-refractivity contribution is 0.184. The van der Waals surface area contributed by atoms with E-state index in [0.717, 1.165) is 12.8 Å². The van der Waals surface area contributed by atoms with Gasteiger partial charge in [-0.25, -0.2) is 0 Å². The van der Waals surface area contributed by atoms with Gasteiger partial charge in [0.05, 0.1) is 11.7 Å². The van der Waals surface area contributed by atoms with Gasteiger partial charge in [0.25, 0.3) is 0 Å². The molecule has 0 spiro atoms. The van der Waals surface area contributed by atoms with Gasteiger partial charge in [-0.2, -0.15) is 0 Å². The molecule has 2 aliphatic rings. The fourth-order valence-electron chi connectivity index (χ4n) is 3.90. The van der Waals surface area contributed by atoms with Crippen molar-refractivity contribution >= 4 is 0 Å². The molecule has 0 saturated carbocycles. The van der Waals surface area contributed by atoms with E-state index in [1.807, 2.05) is 6.20 Å². The molecule has 1 aliphatic heterocycles. The maximum absolute atomic E-state index is 4.79. The number of likely N-dealkylation sites (tertiary alicyclic amines) is 1. The number of aromatic nitrogens is 1. The lowest BCUT2D eigenvalue weighted by Gasteiger charge is -2.35. The molecule has 0 N–H and O–H groups in total. The first kappa shape index (κ1) is 13.0. The third-order valence-corrected chi connectivity index (χ3v) is 4.95. The summed E-state index contributed by atoms with van der Waals surface area (Å²) in [5, 5.41) is 0. The number of piperidine rings is 1. The molecule has 1 unspecified atom stereocenters. The van der Waals surface area contributed by atoms with Crippen LogP contribution in [0.2, 0.25) is 0 Å². The number of fused-ring (bicyclic) bond motifs is 2. The molecule has 0 radical (unpaired) electrons. The summed E-state index contributed by atoms with van der Waals surface area (Å²) in [7, 11) is 0.